The van der Waals surface area contributed by atoms with Crippen molar-refractivity contribution in [2.45, 2.75) is 77.1 Å². The lowest BCUT2D eigenvalue weighted by atomic mass is 9.43. The SMILES string of the molecule is C=C1CC[C@H]2[C@@H]3[C@@H](O)[C@H](O)[C@H]4C[C@@H](O)CC[C@]4(C)[C@H]3CC[C@]12C. The quantitative estimate of drug-likeness (QED) is 0.602. The average molecular weight is 320 g/mol. The van der Waals surface area contributed by atoms with Crippen LogP contribution in [0.5, 0.6) is 0 Å². The molecule has 4 aliphatic carbocycles. The van der Waals surface area contributed by atoms with Gasteiger partial charge in [-0.2, -0.15) is 0 Å². The Morgan fingerprint density at radius 3 is 2.39 bits per heavy atom. The molecular weight excluding hydrogens is 288 g/mol. The molecule has 130 valence electrons. The van der Waals surface area contributed by atoms with Crippen LogP contribution in [0.15, 0.2) is 12.2 Å². The molecule has 0 unspecified atom stereocenters. The summed E-state index contributed by atoms with van der Waals surface area (Å²) in [6, 6.07) is 0. The summed E-state index contributed by atoms with van der Waals surface area (Å²) in [5.74, 6) is 1.17. The van der Waals surface area contributed by atoms with E-state index in [1.54, 1.807) is 0 Å². The van der Waals surface area contributed by atoms with E-state index in [2.05, 4.69) is 20.4 Å². The number of hydrogen-bond donors (Lipinski definition) is 3. The van der Waals surface area contributed by atoms with Crippen LogP contribution in [0.25, 0.3) is 0 Å². The van der Waals surface area contributed by atoms with Crippen molar-refractivity contribution in [1.82, 2.24) is 0 Å². The highest BCUT2D eigenvalue weighted by Crippen LogP contribution is 2.67. The summed E-state index contributed by atoms with van der Waals surface area (Å²) in [5, 5.41) is 32.0. The van der Waals surface area contributed by atoms with E-state index in [0.717, 1.165) is 32.1 Å². The van der Waals surface area contributed by atoms with Crippen molar-refractivity contribution in [2.24, 2.45) is 34.5 Å². The van der Waals surface area contributed by atoms with Gasteiger partial charge in [0.05, 0.1) is 18.3 Å². The third kappa shape index (κ3) is 1.99. The van der Waals surface area contributed by atoms with Gasteiger partial charge >= 0.3 is 0 Å². The molecule has 4 fully saturated rings. The van der Waals surface area contributed by atoms with Gasteiger partial charge < -0.3 is 15.3 Å². The molecule has 0 saturated heterocycles. The van der Waals surface area contributed by atoms with Crippen LogP contribution in [0.4, 0.5) is 0 Å². The minimum Gasteiger partial charge on any atom is -0.393 e. The molecule has 3 N–H and O–H groups in total. The Morgan fingerprint density at radius 2 is 1.65 bits per heavy atom. The van der Waals surface area contributed by atoms with Gasteiger partial charge in [0.2, 0.25) is 0 Å². The summed E-state index contributed by atoms with van der Waals surface area (Å²) in [4.78, 5) is 0. The Balaban J connectivity index is 1.73. The predicted octanol–water partition coefficient (Wildman–Crippen LogP) is 2.89. The van der Waals surface area contributed by atoms with Gasteiger partial charge in [-0.25, -0.2) is 0 Å². The maximum atomic E-state index is 11.0. The second kappa shape index (κ2) is 5.06. The third-order valence-corrected chi connectivity index (χ3v) is 8.68. The standard InChI is InChI=1S/C20H32O3/c1-11-4-5-13-16-14(7-9-19(11,13)2)20(3)8-6-12(21)10-15(20)17(22)18(16)23/h12-18,21-23H,1,4-10H2,2-3H3/t12-,13-,14-,15+,16-,17+,18+,19+,20+/m0/s1. The van der Waals surface area contributed by atoms with Gasteiger partial charge in [-0.1, -0.05) is 26.0 Å². The molecule has 23 heavy (non-hydrogen) atoms. The van der Waals surface area contributed by atoms with E-state index >= 15 is 0 Å². The smallest absolute Gasteiger partial charge is 0.0836 e. The van der Waals surface area contributed by atoms with Gasteiger partial charge in [-0.05, 0) is 79.4 Å². The molecule has 0 aliphatic heterocycles. The maximum Gasteiger partial charge on any atom is 0.0836 e. The largest absolute Gasteiger partial charge is 0.393 e. The first-order valence-corrected chi connectivity index (χ1v) is 9.51. The highest BCUT2D eigenvalue weighted by molar-refractivity contribution is 5.23. The van der Waals surface area contributed by atoms with Crippen LogP contribution >= 0.6 is 0 Å². The summed E-state index contributed by atoms with van der Waals surface area (Å²) in [6.07, 6.45) is 5.32. The van der Waals surface area contributed by atoms with Gasteiger partial charge in [0.1, 0.15) is 0 Å². The topological polar surface area (TPSA) is 60.7 Å². The Labute approximate surface area is 139 Å². The maximum absolute atomic E-state index is 11.0. The first-order valence-electron chi connectivity index (χ1n) is 9.51. The minimum atomic E-state index is -0.688. The van der Waals surface area contributed by atoms with Crippen LogP contribution in [-0.4, -0.2) is 33.6 Å². The Hall–Kier alpha value is -0.380. The summed E-state index contributed by atoms with van der Waals surface area (Å²) in [7, 11) is 0. The van der Waals surface area contributed by atoms with E-state index in [-0.39, 0.29) is 28.8 Å². The second-order valence-corrected chi connectivity index (χ2v) is 9.41. The number of fused-ring (bicyclic) bond motifs is 5. The number of allylic oxidation sites excluding steroid dienone is 1. The molecule has 0 aromatic rings. The molecule has 3 nitrogen and oxygen atoms in total. The Bertz CT molecular complexity index is 517. The van der Waals surface area contributed by atoms with Crippen molar-refractivity contribution in [3.63, 3.8) is 0 Å². The number of aliphatic hydroxyl groups is 3. The number of aliphatic hydroxyl groups excluding tert-OH is 3. The second-order valence-electron chi connectivity index (χ2n) is 9.41. The molecule has 0 radical (unpaired) electrons. The lowest BCUT2D eigenvalue weighted by Gasteiger charge is -2.63. The van der Waals surface area contributed by atoms with Crippen molar-refractivity contribution < 1.29 is 15.3 Å². The molecule has 4 aliphatic rings. The fourth-order valence-corrected chi connectivity index (χ4v) is 7.15. The molecule has 0 heterocycles. The molecule has 9 atom stereocenters. The van der Waals surface area contributed by atoms with Gasteiger partial charge in [-0.3, -0.25) is 0 Å². The molecule has 0 aromatic carbocycles. The van der Waals surface area contributed by atoms with Crippen molar-refractivity contribution in [2.75, 3.05) is 0 Å². The van der Waals surface area contributed by atoms with E-state index in [4.69, 9.17) is 0 Å². The third-order valence-electron chi connectivity index (χ3n) is 8.68. The van der Waals surface area contributed by atoms with Crippen LogP contribution in [0.1, 0.15) is 58.8 Å². The summed E-state index contributed by atoms with van der Waals surface area (Å²) in [5.41, 5.74) is 1.57. The highest BCUT2D eigenvalue weighted by Gasteiger charge is 2.63. The van der Waals surface area contributed by atoms with Crippen molar-refractivity contribution in [3.8, 4) is 0 Å². The Kier molecular flexibility index (Phi) is 3.54. The van der Waals surface area contributed by atoms with Gasteiger partial charge in [-0.15, -0.1) is 0 Å². The van der Waals surface area contributed by atoms with Crippen molar-refractivity contribution >= 4 is 0 Å². The van der Waals surface area contributed by atoms with Crippen molar-refractivity contribution in [3.05, 3.63) is 12.2 Å². The minimum absolute atomic E-state index is 0.0384. The van der Waals surface area contributed by atoms with E-state index in [1.807, 2.05) is 0 Å². The zero-order valence-electron chi connectivity index (χ0n) is 14.5. The van der Waals surface area contributed by atoms with Crippen LogP contribution < -0.4 is 0 Å². The number of hydrogen-bond acceptors (Lipinski definition) is 3. The van der Waals surface area contributed by atoms with Gasteiger partial charge in [0.15, 0.2) is 0 Å². The van der Waals surface area contributed by atoms with E-state index in [1.165, 1.54) is 12.0 Å². The van der Waals surface area contributed by atoms with Crippen LogP contribution in [0.2, 0.25) is 0 Å². The summed E-state index contributed by atoms with van der Waals surface area (Å²) < 4.78 is 0. The Morgan fingerprint density at radius 1 is 0.913 bits per heavy atom. The van der Waals surface area contributed by atoms with Crippen LogP contribution in [-0.2, 0) is 0 Å². The van der Waals surface area contributed by atoms with E-state index in [9.17, 15) is 15.3 Å². The fourth-order valence-electron chi connectivity index (χ4n) is 7.15. The number of rotatable bonds is 0. The lowest BCUT2D eigenvalue weighted by molar-refractivity contribution is -0.217. The summed E-state index contributed by atoms with van der Waals surface area (Å²) in [6.45, 7) is 8.98. The van der Waals surface area contributed by atoms with Crippen molar-refractivity contribution in [1.29, 1.82) is 0 Å². The first-order chi connectivity index (χ1) is 10.8. The van der Waals surface area contributed by atoms with Gasteiger partial charge in [0, 0.05) is 0 Å². The fraction of sp³-hybridized carbons (Fsp3) is 0.900. The molecule has 3 heteroatoms. The van der Waals surface area contributed by atoms with Gasteiger partial charge in [0.25, 0.3) is 0 Å². The average Bonchev–Trinajstić information content (AvgIpc) is 2.82. The molecule has 0 spiro atoms. The van der Waals surface area contributed by atoms with E-state index < -0.39 is 12.2 Å². The van der Waals surface area contributed by atoms with Crippen LogP contribution in [0, 0.1) is 34.5 Å². The molecule has 4 rings (SSSR count). The monoisotopic (exact) mass is 320 g/mol. The molecule has 4 saturated carbocycles. The zero-order valence-corrected chi connectivity index (χ0v) is 14.5. The zero-order chi connectivity index (χ0) is 16.6. The summed E-state index contributed by atoms with van der Waals surface area (Å²) >= 11 is 0. The molecule has 0 aromatic heterocycles. The predicted molar refractivity (Wildman–Crippen MR) is 89.7 cm³/mol. The normalized spacial score (nSPS) is 59.2. The first kappa shape index (κ1) is 16.1. The molecule has 0 amide bonds. The van der Waals surface area contributed by atoms with E-state index in [0.29, 0.717) is 18.3 Å². The highest BCUT2D eigenvalue weighted by atomic mass is 16.3. The van der Waals surface area contributed by atoms with Crippen LogP contribution in [0.3, 0.4) is 0 Å². The molecular formula is C20H32O3. The lowest BCUT2D eigenvalue weighted by Crippen LogP contribution is -2.63. The molecule has 0 bridgehead atoms.